The normalized spacial score (nSPS) is 22.0. The smallest absolute Gasteiger partial charge is 0.305 e. The van der Waals surface area contributed by atoms with Crippen molar-refractivity contribution in [2.45, 2.75) is 57.2 Å². The fraction of sp³-hybridized carbons (Fsp3) is 0.471. The Labute approximate surface area is 263 Å². The number of amides is 3. The molecule has 45 heavy (non-hydrogen) atoms. The third-order valence-electron chi connectivity index (χ3n) is 9.16. The molecule has 0 saturated carbocycles. The van der Waals surface area contributed by atoms with Gasteiger partial charge >= 0.3 is 5.97 Å². The van der Waals surface area contributed by atoms with Gasteiger partial charge in [-0.1, -0.05) is 43.3 Å². The van der Waals surface area contributed by atoms with Crippen molar-refractivity contribution >= 4 is 35.1 Å². The number of fused-ring (bicyclic) bond motifs is 2. The molecule has 5 rings (SSSR count). The summed E-state index contributed by atoms with van der Waals surface area (Å²) >= 11 is 0. The van der Waals surface area contributed by atoms with Gasteiger partial charge in [0.15, 0.2) is 5.60 Å². The lowest BCUT2D eigenvalue weighted by molar-refractivity contribution is -0.140. The SMILES string of the molecule is COC(=O)CCCCN1C(=O)[C@@](O)([C@@H](C)/C=C/CC(=O)N2Cc3ccccc3C[C@H]2CO)c2cc(N3CCNCC3=O)ccc21. The number of nitrogens with zero attached hydrogens (tertiary/aromatic N) is 3. The first kappa shape index (κ1) is 32.3. The molecule has 11 heteroatoms. The summed E-state index contributed by atoms with van der Waals surface area (Å²) in [6.07, 6.45) is 5.27. The van der Waals surface area contributed by atoms with Crippen LogP contribution in [0.2, 0.25) is 0 Å². The van der Waals surface area contributed by atoms with E-state index in [-0.39, 0.29) is 49.8 Å². The zero-order valence-electron chi connectivity index (χ0n) is 25.9. The number of benzene rings is 2. The first-order valence-electron chi connectivity index (χ1n) is 15.6. The number of rotatable bonds is 11. The predicted molar refractivity (Wildman–Crippen MR) is 168 cm³/mol. The molecule has 3 N–H and O–H groups in total. The van der Waals surface area contributed by atoms with E-state index in [1.165, 1.54) is 7.11 Å². The van der Waals surface area contributed by atoms with Crippen LogP contribution >= 0.6 is 0 Å². The van der Waals surface area contributed by atoms with Crippen LogP contribution in [0.25, 0.3) is 0 Å². The van der Waals surface area contributed by atoms with E-state index in [0.717, 1.165) is 11.1 Å². The van der Waals surface area contributed by atoms with E-state index < -0.39 is 17.4 Å². The molecule has 3 amide bonds. The van der Waals surface area contributed by atoms with Gasteiger partial charge in [0.1, 0.15) is 0 Å². The molecule has 3 atom stereocenters. The van der Waals surface area contributed by atoms with E-state index >= 15 is 0 Å². The molecule has 0 unspecified atom stereocenters. The standard InChI is InChI=1S/C34H42N4O7/c1-23(8-7-11-30(40)38-21-25-10-4-3-9-24(25)18-27(38)22-39)34(44)28-19-26(36-17-15-35-20-31(36)41)13-14-29(28)37(33(34)43)16-6-5-12-32(42)45-2/h3-4,7-10,13-14,19,23,27,35,39,44H,5-6,11-12,15-18,20-22H2,1-2H3/b8-7+/t23-,27-,34+/m0/s1. The van der Waals surface area contributed by atoms with Crippen molar-refractivity contribution in [3.63, 3.8) is 0 Å². The minimum absolute atomic E-state index is 0.0483. The van der Waals surface area contributed by atoms with Gasteiger partial charge < -0.3 is 35.0 Å². The maximum atomic E-state index is 14.0. The second-order valence-corrected chi connectivity index (χ2v) is 11.9. The van der Waals surface area contributed by atoms with Crippen molar-refractivity contribution in [3.05, 3.63) is 71.3 Å². The first-order valence-corrected chi connectivity index (χ1v) is 15.6. The number of anilines is 2. The van der Waals surface area contributed by atoms with Crippen LogP contribution < -0.4 is 15.1 Å². The van der Waals surface area contributed by atoms with Crippen LogP contribution in [0.4, 0.5) is 11.4 Å². The van der Waals surface area contributed by atoms with Gasteiger partial charge in [-0.2, -0.15) is 0 Å². The molecule has 3 aliphatic rings. The Morgan fingerprint density at radius 3 is 2.67 bits per heavy atom. The minimum Gasteiger partial charge on any atom is -0.469 e. The van der Waals surface area contributed by atoms with Crippen LogP contribution in [-0.4, -0.2) is 84.7 Å². The molecule has 0 spiro atoms. The number of hydrogen-bond acceptors (Lipinski definition) is 8. The lowest BCUT2D eigenvalue weighted by atomic mass is 9.82. The summed E-state index contributed by atoms with van der Waals surface area (Å²) in [4.78, 5) is 56.4. The number of carbonyl (C=O) groups excluding carboxylic acids is 4. The lowest BCUT2D eigenvalue weighted by Gasteiger charge is -2.36. The van der Waals surface area contributed by atoms with E-state index in [1.54, 1.807) is 52.0 Å². The van der Waals surface area contributed by atoms with Crippen molar-refractivity contribution in [3.8, 4) is 0 Å². The van der Waals surface area contributed by atoms with Crippen LogP contribution in [0.1, 0.15) is 49.3 Å². The molecule has 1 saturated heterocycles. The molecule has 0 radical (unpaired) electrons. The number of nitrogens with one attached hydrogen (secondary N) is 1. The highest BCUT2D eigenvalue weighted by atomic mass is 16.5. The Morgan fingerprint density at radius 2 is 1.93 bits per heavy atom. The highest BCUT2D eigenvalue weighted by molar-refractivity contribution is 6.08. The van der Waals surface area contributed by atoms with Crippen LogP contribution in [0.5, 0.6) is 0 Å². The molecule has 0 aliphatic carbocycles. The Morgan fingerprint density at radius 1 is 1.16 bits per heavy atom. The van der Waals surface area contributed by atoms with Crippen molar-refractivity contribution in [2.24, 2.45) is 5.92 Å². The number of aliphatic hydroxyl groups is 2. The van der Waals surface area contributed by atoms with Crippen molar-refractivity contribution < 1.29 is 34.1 Å². The summed E-state index contributed by atoms with van der Waals surface area (Å²) in [6.45, 7) is 3.61. The van der Waals surface area contributed by atoms with Crippen molar-refractivity contribution in [1.29, 1.82) is 0 Å². The number of methoxy groups -OCH3 is 1. The number of unbranched alkanes of at least 4 members (excludes halogenated alkanes) is 1. The average molecular weight is 619 g/mol. The Hall–Kier alpha value is -4.06. The predicted octanol–water partition coefficient (Wildman–Crippen LogP) is 2.03. The van der Waals surface area contributed by atoms with Crippen molar-refractivity contribution in [2.75, 3.05) is 49.7 Å². The summed E-state index contributed by atoms with van der Waals surface area (Å²) < 4.78 is 4.72. The number of aliphatic hydroxyl groups excluding tert-OH is 1. The van der Waals surface area contributed by atoms with E-state index in [1.807, 2.05) is 24.3 Å². The molecular weight excluding hydrogens is 576 g/mol. The zero-order chi connectivity index (χ0) is 32.1. The Balaban J connectivity index is 1.36. The van der Waals surface area contributed by atoms with Crippen LogP contribution in [0.15, 0.2) is 54.6 Å². The van der Waals surface area contributed by atoms with Gasteiger partial charge in [0, 0.05) is 56.2 Å². The van der Waals surface area contributed by atoms with Gasteiger partial charge in [-0.05, 0) is 48.6 Å². The maximum absolute atomic E-state index is 14.0. The largest absolute Gasteiger partial charge is 0.469 e. The fourth-order valence-corrected chi connectivity index (χ4v) is 6.52. The van der Waals surface area contributed by atoms with E-state index in [9.17, 15) is 29.4 Å². The maximum Gasteiger partial charge on any atom is 0.305 e. The van der Waals surface area contributed by atoms with Gasteiger partial charge in [-0.15, -0.1) is 0 Å². The summed E-state index contributed by atoms with van der Waals surface area (Å²) in [7, 11) is 1.34. The monoisotopic (exact) mass is 618 g/mol. The summed E-state index contributed by atoms with van der Waals surface area (Å²) in [5.74, 6) is -1.76. The molecule has 11 nitrogen and oxygen atoms in total. The number of hydrogen-bond donors (Lipinski definition) is 3. The third-order valence-corrected chi connectivity index (χ3v) is 9.16. The Bertz CT molecular complexity index is 1480. The van der Waals surface area contributed by atoms with Gasteiger partial charge in [-0.25, -0.2) is 0 Å². The molecule has 0 bridgehead atoms. The zero-order valence-corrected chi connectivity index (χ0v) is 25.9. The number of esters is 1. The van der Waals surface area contributed by atoms with Gasteiger partial charge in [0.05, 0.1) is 32.0 Å². The molecule has 240 valence electrons. The molecule has 2 aromatic carbocycles. The van der Waals surface area contributed by atoms with Gasteiger partial charge in [-0.3, -0.25) is 19.2 Å². The number of piperazine rings is 1. The highest BCUT2D eigenvalue weighted by Crippen LogP contribution is 2.47. The van der Waals surface area contributed by atoms with Crippen LogP contribution in [-0.2, 0) is 42.5 Å². The van der Waals surface area contributed by atoms with Gasteiger partial charge in [0.25, 0.3) is 5.91 Å². The summed E-state index contributed by atoms with van der Waals surface area (Å²) in [6, 6.07) is 12.9. The van der Waals surface area contributed by atoms with E-state index in [2.05, 4.69) is 5.32 Å². The van der Waals surface area contributed by atoms with Gasteiger partial charge in [0.2, 0.25) is 11.8 Å². The quantitative estimate of drug-likeness (QED) is 0.198. The van der Waals surface area contributed by atoms with Crippen LogP contribution in [0.3, 0.4) is 0 Å². The van der Waals surface area contributed by atoms with E-state index in [4.69, 9.17) is 4.74 Å². The second kappa shape index (κ2) is 13.9. The molecule has 3 heterocycles. The molecule has 1 fully saturated rings. The number of ether oxygens (including phenoxy) is 1. The molecule has 3 aliphatic heterocycles. The molecule has 2 aromatic rings. The van der Waals surface area contributed by atoms with Crippen LogP contribution in [0, 0.1) is 5.92 Å². The second-order valence-electron chi connectivity index (χ2n) is 11.9. The first-order chi connectivity index (χ1) is 21.7. The third kappa shape index (κ3) is 6.51. The van der Waals surface area contributed by atoms with E-state index in [0.29, 0.717) is 62.4 Å². The molecular formula is C34H42N4O7. The fourth-order valence-electron chi connectivity index (χ4n) is 6.52. The highest BCUT2D eigenvalue weighted by Gasteiger charge is 2.52. The topological polar surface area (TPSA) is 140 Å². The summed E-state index contributed by atoms with van der Waals surface area (Å²) in [5, 5.41) is 25.2. The Kier molecular flexibility index (Phi) is 10.0. The lowest BCUT2D eigenvalue weighted by Crippen LogP contribution is -2.48. The summed E-state index contributed by atoms with van der Waals surface area (Å²) in [5.41, 5.74) is 1.82. The molecule has 0 aromatic heterocycles. The average Bonchev–Trinajstić information content (AvgIpc) is 3.27. The van der Waals surface area contributed by atoms with Crippen molar-refractivity contribution in [1.82, 2.24) is 10.2 Å². The number of carbonyl (C=O) groups is 4. The minimum atomic E-state index is -1.93.